The Hall–Kier alpha value is -3.94. The first kappa shape index (κ1) is 26.7. The number of pyridine rings is 1. The first-order valence-electron chi connectivity index (χ1n) is 12.9. The van der Waals surface area contributed by atoms with Gasteiger partial charge in [-0.2, -0.15) is 14.9 Å². The number of nitrogens with two attached hydrogens (primary N) is 1. The molecular formula is C29H31F2N7O. The third kappa shape index (κ3) is 4.95. The second-order valence-electron chi connectivity index (χ2n) is 10.8. The van der Waals surface area contributed by atoms with E-state index in [9.17, 15) is 5.26 Å². The van der Waals surface area contributed by atoms with Gasteiger partial charge in [0, 0.05) is 19.3 Å². The average Bonchev–Trinajstić information content (AvgIpc) is 3.30. The van der Waals surface area contributed by atoms with Crippen molar-refractivity contribution in [3.8, 4) is 17.3 Å². The molecule has 5 rings (SSSR count). The molecule has 1 aliphatic carbocycles. The maximum absolute atomic E-state index is 15.2. The standard InChI is InChI=1S/C29H31F2N7O/c1-16-9-17(10-23(33)27(16)39-4)20-7-8-34-14-25(20)36-28-35-13-19-5-6-24(37-38(19)28)26-21(30)11-18(12-22(26)31)29(2,3)15-32/h5-8,11-14,16-17,23,27H,9-10,33H2,1-4H3,(H,35,36)/t16-,17+,23+,27+/m0/s1. The van der Waals surface area contributed by atoms with Crippen LogP contribution in [0.2, 0.25) is 0 Å². The van der Waals surface area contributed by atoms with Gasteiger partial charge in [0.15, 0.2) is 0 Å². The number of imidazole rings is 1. The van der Waals surface area contributed by atoms with E-state index >= 15 is 8.78 Å². The van der Waals surface area contributed by atoms with E-state index in [4.69, 9.17) is 10.5 Å². The van der Waals surface area contributed by atoms with Gasteiger partial charge in [-0.15, -0.1) is 0 Å². The smallest absolute Gasteiger partial charge is 0.229 e. The van der Waals surface area contributed by atoms with Crippen molar-refractivity contribution >= 4 is 17.2 Å². The number of halogens is 2. The van der Waals surface area contributed by atoms with Gasteiger partial charge in [0.05, 0.1) is 52.4 Å². The predicted molar refractivity (Wildman–Crippen MR) is 144 cm³/mol. The second kappa shape index (κ2) is 10.3. The molecule has 202 valence electrons. The zero-order chi connectivity index (χ0) is 27.9. The van der Waals surface area contributed by atoms with Crippen molar-refractivity contribution in [1.29, 1.82) is 5.26 Å². The topological polar surface area (TPSA) is 114 Å². The summed E-state index contributed by atoms with van der Waals surface area (Å²) in [5.41, 5.74) is 7.96. The molecule has 0 spiro atoms. The molecule has 0 saturated heterocycles. The highest BCUT2D eigenvalue weighted by Gasteiger charge is 2.35. The van der Waals surface area contributed by atoms with Crippen molar-refractivity contribution in [2.45, 2.75) is 57.1 Å². The minimum absolute atomic E-state index is 0.0131. The highest BCUT2D eigenvalue weighted by molar-refractivity contribution is 5.66. The van der Waals surface area contributed by atoms with Crippen LogP contribution in [0.15, 0.2) is 48.9 Å². The van der Waals surface area contributed by atoms with Gasteiger partial charge < -0.3 is 15.8 Å². The number of methoxy groups -OCH3 is 1. The molecule has 0 amide bonds. The lowest BCUT2D eigenvalue weighted by Gasteiger charge is -2.38. The Morgan fingerprint density at radius 2 is 1.90 bits per heavy atom. The van der Waals surface area contributed by atoms with Gasteiger partial charge >= 0.3 is 0 Å². The summed E-state index contributed by atoms with van der Waals surface area (Å²) in [7, 11) is 1.70. The molecule has 1 aromatic carbocycles. The number of nitrogens with one attached hydrogen (secondary N) is 1. The fourth-order valence-corrected chi connectivity index (χ4v) is 5.56. The van der Waals surface area contributed by atoms with E-state index in [1.54, 1.807) is 51.7 Å². The second-order valence-corrected chi connectivity index (χ2v) is 10.8. The lowest BCUT2D eigenvalue weighted by atomic mass is 9.74. The zero-order valence-electron chi connectivity index (χ0n) is 22.3. The molecule has 0 aliphatic heterocycles. The van der Waals surface area contributed by atoms with Crippen LogP contribution < -0.4 is 11.1 Å². The Morgan fingerprint density at radius 1 is 1.15 bits per heavy atom. The number of nitrogens with zero attached hydrogens (tertiary/aromatic N) is 5. The van der Waals surface area contributed by atoms with E-state index in [-0.39, 0.29) is 40.8 Å². The van der Waals surface area contributed by atoms with Crippen molar-refractivity contribution in [2.24, 2.45) is 11.7 Å². The van der Waals surface area contributed by atoms with Gasteiger partial charge in [0.25, 0.3) is 0 Å². The van der Waals surface area contributed by atoms with Gasteiger partial charge in [-0.1, -0.05) is 6.92 Å². The molecule has 0 radical (unpaired) electrons. The third-order valence-corrected chi connectivity index (χ3v) is 7.69. The number of hydrogen-bond donors (Lipinski definition) is 2. The van der Waals surface area contributed by atoms with Gasteiger partial charge in [0.1, 0.15) is 11.6 Å². The Bertz CT molecular complexity index is 1530. The van der Waals surface area contributed by atoms with Crippen molar-refractivity contribution in [3.63, 3.8) is 0 Å². The number of aromatic nitrogens is 4. The minimum atomic E-state index is -1.04. The largest absolute Gasteiger partial charge is 0.380 e. The van der Waals surface area contributed by atoms with Crippen LogP contribution in [0, 0.1) is 28.9 Å². The molecule has 3 heterocycles. The van der Waals surface area contributed by atoms with Crippen LogP contribution in [-0.2, 0) is 10.2 Å². The van der Waals surface area contributed by atoms with Crippen LogP contribution in [0.1, 0.15) is 50.7 Å². The van der Waals surface area contributed by atoms with Gasteiger partial charge in [-0.25, -0.2) is 13.8 Å². The lowest BCUT2D eigenvalue weighted by Crippen LogP contribution is -2.45. The van der Waals surface area contributed by atoms with E-state index in [0.29, 0.717) is 11.5 Å². The highest BCUT2D eigenvalue weighted by atomic mass is 19.1. The quantitative estimate of drug-likeness (QED) is 0.339. The average molecular weight is 532 g/mol. The summed E-state index contributed by atoms with van der Waals surface area (Å²) in [6.45, 7) is 5.37. The molecule has 0 bridgehead atoms. The van der Waals surface area contributed by atoms with Gasteiger partial charge in [0.2, 0.25) is 5.95 Å². The molecule has 3 N–H and O–H groups in total. The predicted octanol–water partition coefficient (Wildman–Crippen LogP) is 5.47. The normalized spacial score (nSPS) is 21.6. The van der Waals surface area contributed by atoms with Gasteiger partial charge in [-0.05, 0) is 80.0 Å². The van der Waals surface area contributed by atoms with Crippen molar-refractivity contribution in [1.82, 2.24) is 19.6 Å². The minimum Gasteiger partial charge on any atom is -0.380 e. The number of nitriles is 1. The van der Waals surface area contributed by atoms with E-state index < -0.39 is 17.0 Å². The van der Waals surface area contributed by atoms with E-state index in [1.807, 2.05) is 6.07 Å². The SMILES string of the molecule is CO[C@H]1[C@H](N)C[C@H](c2ccncc2Nc2ncc3ccc(-c4c(F)cc(C(C)(C)C#N)cc4F)nn23)C[C@@H]1C. The summed E-state index contributed by atoms with van der Waals surface area (Å²) >= 11 is 0. The van der Waals surface area contributed by atoms with Crippen molar-refractivity contribution in [3.05, 3.63) is 71.7 Å². The number of rotatable bonds is 6. The van der Waals surface area contributed by atoms with E-state index in [0.717, 1.165) is 24.1 Å². The summed E-state index contributed by atoms with van der Waals surface area (Å²) in [4.78, 5) is 8.76. The molecule has 1 aliphatic rings. The zero-order valence-corrected chi connectivity index (χ0v) is 22.3. The third-order valence-electron chi connectivity index (χ3n) is 7.69. The fourth-order valence-electron chi connectivity index (χ4n) is 5.56. The van der Waals surface area contributed by atoms with Crippen LogP contribution in [0.25, 0.3) is 16.8 Å². The molecule has 39 heavy (non-hydrogen) atoms. The Morgan fingerprint density at radius 3 is 2.56 bits per heavy atom. The molecular weight excluding hydrogens is 500 g/mol. The van der Waals surface area contributed by atoms with Crippen molar-refractivity contribution in [2.75, 3.05) is 12.4 Å². The number of hydrogen-bond acceptors (Lipinski definition) is 7. The number of anilines is 2. The molecule has 1 saturated carbocycles. The van der Waals surface area contributed by atoms with E-state index in [2.05, 4.69) is 33.4 Å². The lowest BCUT2D eigenvalue weighted by molar-refractivity contribution is 0.00984. The Labute approximate surface area is 225 Å². The van der Waals surface area contributed by atoms with E-state index in [1.165, 1.54) is 16.6 Å². The monoisotopic (exact) mass is 531 g/mol. The molecule has 8 nitrogen and oxygen atoms in total. The highest BCUT2D eigenvalue weighted by Crippen LogP contribution is 2.40. The fraction of sp³-hybridized carbons (Fsp3) is 0.379. The van der Waals surface area contributed by atoms with Crippen LogP contribution in [0.3, 0.4) is 0 Å². The molecule has 1 fully saturated rings. The summed E-state index contributed by atoms with van der Waals surface area (Å²) in [6, 6.07) is 9.58. The summed E-state index contributed by atoms with van der Waals surface area (Å²) in [5.74, 6) is -0.716. The number of benzene rings is 1. The van der Waals surface area contributed by atoms with Crippen LogP contribution in [-0.4, -0.2) is 38.8 Å². The molecule has 3 aromatic heterocycles. The van der Waals surface area contributed by atoms with Gasteiger partial charge in [-0.3, -0.25) is 4.98 Å². The summed E-state index contributed by atoms with van der Waals surface area (Å²) < 4.78 is 37.4. The maximum atomic E-state index is 15.2. The maximum Gasteiger partial charge on any atom is 0.229 e. The van der Waals surface area contributed by atoms with Crippen LogP contribution in [0.5, 0.6) is 0 Å². The van der Waals surface area contributed by atoms with Crippen molar-refractivity contribution < 1.29 is 13.5 Å². The molecule has 0 unspecified atom stereocenters. The van der Waals surface area contributed by atoms with Crippen LogP contribution in [0.4, 0.5) is 20.4 Å². The molecule has 4 aromatic rings. The Balaban J connectivity index is 1.49. The first-order chi connectivity index (χ1) is 18.6. The number of fused-ring (bicyclic) bond motifs is 1. The Kier molecular flexibility index (Phi) is 7.05. The van der Waals surface area contributed by atoms with Crippen LogP contribution >= 0.6 is 0 Å². The first-order valence-corrected chi connectivity index (χ1v) is 12.9. The summed E-state index contributed by atoms with van der Waals surface area (Å²) in [5, 5.41) is 17.2. The molecule has 10 heteroatoms. The summed E-state index contributed by atoms with van der Waals surface area (Å²) in [6.07, 6.45) is 6.80. The number of ether oxygens (including phenoxy) is 1. The molecule has 4 atom stereocenters.